The first-order chi connectivity index (χ1) is 16.6. The zero-order valence-corrected chi connectivity index (χ0v) is 21.0. The van der Waals surface area contributed by atoms with Gasteiger partial charge in [-0.05, 0) is 67.0 Å². The van der Waals surface area contributed by atoms with E-state index in [1.54, 1.807) is 36.4 Å². The average molecular weight is 469 g/mol. The number of benzene rings is 2. The van der Waals surface area contributed by atoms with Crippen molar-refractivity contribution in [1.82, 2.24) is 0 Å². The van der Waals surface area contributed by atoms with Crippen molar-refractivity contribution in [3.05, 3.63) is 59.4 Å². The average Bonchev–Trinajstić information content (AvgIpc) is 2.85. The second-order valence-corrected chi connectivity index (χ2v) is 9.79. The maximum atomic E-state index is 14.1. The van der Waals surface area contributed by atoms with Gasteiger partial charge in [-0.3, -0.25) is 0 Å². The van der Waals surface area contributed by atoms with E-state index in [9.17, 15) is 9.18 Å². The number of ether oxygens (including phenoxy) is 2. The lowest BCUT2D eigenvalue weighted by molar-refractivity contribution is 0.0734. The molecule has 0 aromatic heterocycles. The molecule has 34 heavy (non-hydrogen) atoms. The lowest BCUT2D eigenvalue weighted by Crippen LogP contribution is -2.15. The molecular formula is C30H41FO3. The lowest BCUT2D eigenvalue weighted by atomic mass is 9.78. The van der Waals surface area contributed by atoms with E-state index in [1.807, 2.05) is 6.92 Å². The SMILES string of the molecule is CCCCCC1CCC(CCCOc2ccc(C(=O)Oc3ccc(CCC)c(F)c3)cc2)CC1. The molecule has 0 radical (unpaired) electrons. The fourth-order valence-electron chi connectivity index (χ4n) is 4.97. The van der Waals surface area contributed by atoms with E-state index in [2.05, 4.69) is 6.92 Å². The van der Waals surface area contributed by atoms with Crippen LogP contribution in [-0.2, 0) is 6.42 Å². The molecule has 0 amide bonds. The molecular weight excluding hydrogens is 427 g/mol. The Morgan fingerprint density at radius 3 is 2.12 bits per heavy atom. The summed E-state index contributed by atoms with van der Waals surface area (Å²) in [5, 5.41) is 0. The van der Waals surface area contributed by atoms with Crippen LogP contribution in [0, 0.1) is 17.7 Å². The molecule has 3 rings (SSSR count). The molecule has 1 aliphatic rings. The molecule has 0 spiro atoms. The van der Waals surface area contributed by atoms with E-state index < -0.39 is 5.97 Å². The van der Waals surface area contributed by atoms with E-state index in [0.717, 1.165) is 30.4 Å². The molecule has 2 aromatic rings. The molecule has 4 heteroatoms. The van der Waals surface area contributed by atoms with E-state index in [4.69, 9.17) is 9.47 Å². The predicted octanol–water partition coefficient (Wildman–Crippen LogP) is 8.54. The highest BCUT2D eigenvalue weighted by atomic mass is 19.1. The summed E-state index contributed by atoms with van der Waals surface area (Å²) in [5.74, 6) is 1.95. The highest BCUT2D eigenvalue weighted by Gasteiger charge is 2.20. The van der Waals surface area contributed by atoms with Crippen molar-refractivity contribution in [2.24, 2.45) is 11.8 Å². The Labute approximate surface area is 205 Å². The van der Waals surface area contributed by atoms with Gasteiger partial charge >= 0.3 is 5.97 Å². The number of rotatable bonds is 13. The number of aryl methyl sites for hydroxylation is 1. The van der Waals surface area contributed by atoms with Gasteiger partial charge in [-0.15, -0.1) is 0 Å². The summed E-state index contributed by atoms with van der Waals surface area (Å²) in [5.41, 5.74) is 1.06. The van der Waals surface area contributed by atoms with E-state index >= 15 is 0 Å². The third kappa shape index (κ3) is 8.45. The number of esters is 1. The lowest BCUT2D eigenvalue weighted by Gasteiger charge is -2.28. The third-order valence-electron chi connectivity index (χ3n) is 7.05. The molecule has 1 fully saturated rings. The molecule has 1 aliphatic carbocycles. The van der Waals surface area contributed by atoms with Gasteiger partial charge in [-0.2, -0.15) is 0 Å². The van der Waals surface area contributed by atoms with Gasteiger partial charge in [-0.1, -0.05) is 77.7 Å². The van der Waals surface area contributed by atoms with Crippen molar-refractivity contribution >= 4 is 5.97 Å². The Bertz CT molecular complexity index is 869. The van der Waals surface area contributed by atoms with Gasteiger partial charge in [0.1, 0.15) is 17.3 Å². The fourth-order valence-corrected chi connectivity index (χ4v) is 4.97. The standard InChI is InChI=1S/C30H41FO3/c1-3-5-6-9-23-11-13-24(14-12-23)10-7-21-33-27-18-16-26(17-19-27)30(32)34-28-20-15-25(8-4-2)29(31)22-28/h15-20,22-24H,3-14,21H2,1-2H3. The zero-order chi connectivity index (χ0) is 24.2. The van der Waals surface area contributed by atoms with Crippen LogP contribution in [0.1, 0.15) is 100 Å². The normalized spacial score (nSPS) is 18.0. The molecule has 0 unspecified atom stereocenters. The maximum absolute atomic E-state index is 14.1. The second kappa shape index (κ2) is 14.1. The van der Waals surface area contributed by atoms with E-state index in [0.29, 0.717) is 24.2 Å². The molecule has 0 aliphatic heterocycles. The van der Waals surface area contributed by atoms with Crippen molar-refractivity contribution in [2.45, 2.75) is 90.9 Å². The Morgan fingerprint density at radius 1 is 0.853 bits per heavy atom. The largest absolute Gasteiger partial charge is 0.494 e. The fraction of sp³-hybridized carbons (Fsp3) is 0.567. The molecule has 0 heterocycles. The number of carbonyl (C=O) groups is 1. The molecule has 186 valence electrons. The van der Waals surface area contributed by atoms with Crippen molar-refractivity contribution in [3.63, 3.8) is 0 Å². The summed E-state index contributed by atoms with van der Waals surface area (Å²) in [6.45, 7) is 4.98. The molecule has 0 N–H and O–H groups in total. The second-order valence-electron chi connectivity index (χ2n) is 9.79. The molecule has 2 aromatic carbocycles. The van der Waals surface area contributed by atoms with Crippen LogP contribution in [0.25, 0.3) is 0 Å². The van der Waals surface area contributed by atoms with Crippen LogP contribution in [0.3, 0.4) is 0 Å². The smallest absolute Gasteiger partial charge is 0.343 e. The monoisotopic (exact) mass is 468 g/mol. The third-order valence-corrected chi connectivity index (χ3v) is 7.05. The minimum Gasteiger partial charge on any atom is -0.494 e. The van der Waals surface area contributed by atoms with Crippen LogP contribution in [0.5, 0.6) is 11.5 Å². The summed E-state index contributed by atoms with van der Waals surface area (Å²) in [7, 11) is 0. The Balaban J connectivity index is 1.35. The molecule has 3 nitrogen and oxygen atoms in total. The summed E-state index contributed by atoms with van der Waals surface area (Å²) in [4.78, 5) is 12.4. The van der Waals surface area contributed by atoms with Crippen LogP contribution in [-0.4, -0.2) is 12.6 Å². The molecule has 0 atom stereocenters. The van der Waals surface area contributed by atoms with Gasteiger partial charge in [0, 0.05) is 6.07 Å². The van der Waals surface area contributed by atoms with Crippen LogP contribution in [0.4, 0.5) is 4.39 Å². The summed E-state index contributed by atoms with van der Waals surface area (Å²) in [6.07, 6.45) is 14.9. The quantitative estimate of drug-likeness (QED) is 0.168. The number of hydrogen-bond acceptors (Lipinski definition) is 3. The number of unbranched alkanes of at least 4 members (excludes halogenated alkanes) is 2. The van der Waals surface area contributed by atoms with Gasteiger partial charge in [0.2, 0.25) is 0 Å². The first kappa shape index (κ1) is 26.2. The molecule has 0 saturated heterocycles. The number of carbonyl (C=O) groups excluding carboxylic acids is 1. The Hall–Kier alpha value is -2.36. The summed E-state index contributed by atoms with van der Waals surface area (Å²) >= 11 is 0. The van der Waals surface area contributed by atoms with Crippen molar-refractivity contribution in [1.29, 1.82) is 0 Å². The number of hydrogen-bond donors (Lipinski definition) is 0. The minimum absolute atomic E-state index is 0.220. The van der Waals surface area contributed by atoms with Crippen molar-refractivity contribution in [3.8, 4) is 11.5 Å². The Morgan fingerprint density at radius 2 is 1.50 bits per heavy atom. The van der Waals surface area contributed by atoms with Gasteiger partial charge < -0.3 is 9.47 Å². The van der Waals surface area contributed by atoms with Gasteiger partial charge in [-0.25, -0.2) is 9.18 Å². The first-order valence-corrected chi connectivity index (χ1v) is 13.3. The summed E-state index contributed by atoms with van der Waals surface area (Å²) in [6, 6.07) is 11.6. The van der Waals surface area contributed by atoms with Crippen LogP contribution in [0.2, 0.25) is 0 Å². The van der Waals surface area contributed by atoms with Crippen LogP contribution >= 0.6 is 0 Å². The van der Waals surface area contributed by atoms with E-state index in [1.165, 1.54) is 63.9 Å². The number of halogens is 1. The van der Waals surface area contributed by atoms with Gasteiger partial charge in [0.25, 0.3) is 0 Å². The van der Waals surface area contributed by atoms with Crippen molar-refractivity contribution in [2.75, 3.05) is 6.61 Å². The Kier molecular flexibility index (Phi) is 10.9. The molecule has 1 saturated carbocycles. The van der Waals surface area contributed by atoms with Crippen molar-refractivity contribution < 1.29 is 18.7 Å². The van der Waals surface area contributed by atoms with Gasteiger partial charge in [0.05, 0.1) is 12.2 Å². The van der Waals surface area contributed by atoms with Crippen LogP contribution in [0.15, 0.2) is 42.5 Å². The highest BCUT2D eigenvalue weighted by molar-refractivity contribution is 5.91. The van der Waals surface area contributed by atoms with Crippen LogP contribution < -0.4 is 9.47 Å². The first-order valence-electron chi connectivity index (χ1n) is 13.3. The predicted molar refractivity (Wildman–Crippen MR) is 136 cm³/mol. The van der Waals surface area contributed by atoms with E-state index in [-0.39, 0.29) is 11.6 Å². The maximum Gasteiger partial charge on any atom is 0.343 e. The van der Waals surface area contributed by atoms with Gasteiger partial charge in [0.15, 0.2) is 0 Å². The summed E-state index contributed by atoms with van der Waals surface area (Å²) < 4.78 is 25.3. The highest BCUT2D eigenvalue weighted by Crippen LogP contribution is 2.34. The molecule has 0 bridgehead atoms. The minimum atomic E-state index is -0.500. The topological polar surface area (TPSA) is 35.5 Å². The zero-order valence-electron chi connectivity index (χ0n) is 21.0.